The summed E-state index contributed by atoms with van der Waals surface area (Å²) in [4.78, 5) is 11.4. The number of amides is 1. The molecule has 29 heavy (non-hydrogen) atoms. The van der Waals surface area contributed by atoms with E-state index in [1.165, 1.54) is 6.92 Å². The average Bonchev–Trinajstić information content (AvgIpc) is 2.61. The van der Waals surface area contributed by atoms with Gasteiger partial charge in [-0.3, -0.25) is 9.35 Å². The second-order valence-electron chi connectivity index (χ2n) is 6.78. The van der Waals surface area contributed by atoms with Crippen LogP contribution in [0.15, 0.2) is 0 Å². The summed E-state index contributed by atoms with van der Waals surface area (Å²) in [5.41, 5.74) is 0. The van der Waals surface area contributed by atoms with Crippen LogP contribution in [0.4, 0.5) is 0 Å². The van der Waals surface area contributed by atoms with Gasteiger partial charge in [-0.25, -0.2) is 4.18 Å². The smallest absolute Gasteiger partial charge is 0.388 e. The normalized spacial score (nSPS) is 43.7. The van der Waals surface area contributed by atoms with Crippen LogP contribution in [0.3, 0.4) is 0 Å². The summed E-state index contributed by atoms with van der Waals surface area (Å²) >= 11 is 0. The molecule has 0 aromatic rings. The largest absolute Gasteiger partial charge is 0.397 e. The highest BCUT2D eigenvalue weighted by Gasteiger charge is 2.50. The number of hydrogen-bond acceptors (Lipinski definition) is 12. The van der Waals surface area contributed by atoms with E-state index < -0.39 is 84.3 Å². The van der Waals surface area contributed by atoms with E-state index in [9.17, 15) is 38.7 Å². The van der Waals surface area contributed by atoms with Gasteiger partial charge in [-0.05, 0) is 6.92 Å². The third-order valence-electron chi connectivity index (χ3n) is 4.54. The first-order chi connectivity index (χ1) is 13.3. The van der Waals surface area contributed by atoms with E-state index in [-0.39, 0.29) is 0 Å². The van der Waals surface area contributed by atoms with Crippen molar-refractivity contribution in [3.63, 3.8) is 0 Å². The van der Waals surface area contributed by atoms with Gasteiger partial charge >= 0.3 is 10.4 Å². The van der Waals surface area contributed by atoms with Gasteiger partial charge in [0, 0.05) is 6.92 Å². The Labute approximate surface area is 165 Å². The monoisotopic (exact) mass is 447 g/mol. The third kappa shape index (κ3) is 6.02. The van der Waals surface area contributed by atoms with Crippen molar-refractivity contribution in [2.75, 3.05) is 6.61 Å². The number of nitrogens with one attached hydrogen (secondary N) is 1. The number of hydrogen-bond donors (Lipinski definition) is 7. The predicted molar refractivity (Wildman–Crippen MR) is 89.2 cm³/mol. The minimum absolute atomic E-state index is 0.639. The fraction of sp³-hybridized carbons (Fsp3) is 0.929. The van der Waals surface area contributed by atoms with Crippen LogP contribution in [0, 0.1) is 0 Å². The molecule has 7 N–H and O–H groups in total. The minimum Gasteiger partial charge on any atom is -0.388 e. The topological polar surface area (TPSA) is 222 Å². The first-order valence-electron chi connectivity index (χ1n) is 8.57. The molecule has 0 bridgehead atoms. The van der Waals surface area contributed by atoms with Gasteiger partial charge in [-0.1, -0.05) is 0 Å². The van der Waals surface area contributed by atoms with Gasteiger partial charge in [-0.2, -0.15) is 8.42 Å². The zero-order valence-electron chi connectivity index (χ0n) is 15.4. The van der Waals surface area contributed by atoms with Crippen LogP contribution in [0.2, 0.25) is 0 Å². The van der Waals surface area contributed by atoms with E-state index in [1.54, 1.807) is 0 Å². The van der Waals surface area contributed by atoms with E-state index in [0.29, 0.717) is 0 Å². The number of aliphatic hydroxyl groups is 5. The number of carbonyl (C=O) groups excluding carboxylic acids is 1. The number of ether oxygens (including phenoxy) is 3. The molecule has 2 saturated heterocycles. The first-order valence-corrected chi connectivity index (χ1v) is 9.94. The number of carbonyl (C=O) groups is 1. The molecule has 2 aliphatic rings. The second kappa shape index (κ2) is 9.44. The van der Waals surface area contributed by atoms with Crippen molar-refractivity contribution in [2.24, 2.45) is 0 Å². The minimum atomic E-state index is -4.88. The maximum atomic E-state index is 11.4. The van der Waals surface area contributed by atoms with Crippen LogP contribution >= 0.6 is 0 Å². The summed E-state index contributed by atoms with van der Waals surface area (Å²) in [5.74, 6) is -0.639. The molecule has 0 spiro atoms. The second-order valence-corrected chi connectivity index (χ2v) is 7.87. The fourth-order valence-electron chi connectivity index (χ4n) is 3.06. The van der Waals surface area contributed by atoms with Crippen LogP contribution in [-0.2, 0) is 33.6 Å². The standard InChI is InChI=1S/C14H25NO13S/c1-4-8(17)10(19)11(20)14(26-4)28-12-7(15-5(2)16)13(21)27-6(9(12)18)3-25-29(22,23)24/h4,6-14,17-21H,3H2,1-2H3,(H,15,16)(H,22,23,24)/t4-,6+,7+,8+,9+,10+,11-,12+,13+,14-/m0/s1. The van der Waals surface area contributed by atoms with E-state index >= 15 is 0 Å². The molecule has 1 amide bonds. The summed E-state index contributed by atoms with van der Waals surface area (Å²) in [6, 6.07) is -1.39. The van der Waals surface area contributed by atoms with Crippen molar-refractivity contribution < 1.29 is 61.7 Å². The van der Waals surface area contributed by atoms with Gasteiger partial charge in [0.2, 0.25) is 5.91 Å². The molecule has 0 aromatic carbocycles. The van der Waals surface area contributed by atoms with Gasteiger partial charge in [-0.15, -0.1) is 0 Å². The average molecular weight is 447 g/mol. The van der Waals surface area contributed by atoms with Gasteiger partial charge in [0.05, 0.1) is 12.7 Å². The Morgan fingerprint density at radius 3 is 2.21 bits per heavy atom. The fourth-order valence-corrected chi connectivity index (χ4v) is 3.36. The Morgan fingerprint density at radius 1 is 1.03 bits per heavy atom. The van der Waals surface area contributed by atoms with E-state index in [4.69, 9.17) is 18.8 Å². The van der Waals surface area contributed by atoms with E-state index in [1.807, 2.05) is 0 Å². The van der Waals surface area contributed by atoms with Gasteiger partial charge in [0.15, 0.2) is 12.6 Å². The van der Waals surface area contributed by atoms with Crippen LogP contribution in [0.1, 0.15) is 13.8 Å². The maximum absolute atomic E-state index is 11.4. The molecule has 0 saturated carbocycles. The van der Waals surface area contributed by atoms with Gasteiger partial charge < -0.3 is 45.1 Å². The lowest BCUT2D eigenvalue weighted by Crippen LogP contribution is -2.67. The Hall–Kier alpha value is -0.980. The van der Waals surface area contributed by atoms with Crippen molar-refractivity contribution in [1.29, 1.82) is 0 Å². The van der Waals surface area contributed by atoms with Crippen LogP contribution in [-0.4, -0.2) is 112 Å². The molecule has 0 unspecified atom stereocenters. The Bertz CT molecular complexity index is 674. The van der Waals surface area contributed by atoms with E-state index in [2.05, 4.69) is 9.50 Å². The molecule has 2 rings (SSSR count). The Morgan fingerprint density at radius 2 is 1.66 bits per heavy atom. The lowest BCUT2D eigenvalue weighted by Gasteiger charge is -2.46. The zero-order valence-corrected chi connectivity index (χ0v) is 16.2. The molecule has 15 heteroatoms. The molecule has 2 fully saturated rings. The molecule has 10 atom stereocenters. The predicted octanol–water partition coefficient (Wildman–Crippen LogP) is -4.40. The van der Waals surface area contributed by atoms with Crippen LogP contribution in [0.5, 0.6) is 0 Å². The molecule has 170 valence electrons. The molecule has 14 nitrogen and oxygen atoms in total. The summed E-state index contributed by atoms with van der Waals surface area (Å²) in [6.07, 6.45) is -14.0. The highest BCUT2D eigenvalue weighted by Crippen LogP contribution is 2.28. The lowest BCUT2D eigenvalue weighted by molar-refractivity contribution is -0.337. The molecule has 2 aliphatic heterocycles. The van der Waals surface area contributed by atoms with Crippen molar-refractivity contribution >= 4 is 16.3 Å². The number of rotatable bonds is 6. The molecule has 0 radical (unpaired) electrons. The lowest BCUT2D eigenvalue weighted by atomic mass is 9.95. The summed E-state index contributed by atoms with van der Waals surface area (Å²) in [7, 11) is -4.88. The van der Waals surface area contributed by atoms with Crippen molar-refractivity contribution in [1.82, 2.24) is 5.32 Å². The summed E-state index contributed by atoms with van der Waals surface area (Å²) in [5, 5.41) is 52.7. The number of aliphatic hydroxyl groups excluding tert-OH is 5. The van der Waals surface area contributed by atoms with Crippen molar-refractivity contribution in [3.8, 4) is 0 Å². The van der Waals surface area contributed by atoms with Crippen molar-refractivity contribution in [3.05, 3.63) is 0 Å². The first kappa shape index (κ1) is 24.3. The summed E-state index contributed by atoms with van der Waals surface area (Å²) in [6.45, 7) is 1.59. The molecular weight excluding hydrogens is 422 g/mol. The Kier molecular flexibility index (Phi) is 7.91. The summed E-state index contributed by atoms with van der Waals surface area (Å²) < 4.78 is 50.1. The SMILES string of the molecule is CC(=O)N[C@@H]1[C@@H](O[C@@H]2O[C@@H](C)[C@@H](O)[C@@H](O)[C@@H]2O)[C@H](O)[C@@H](COS(=O)(=O)O)O[C@H]1O. The zero-order chi connectivity index (χ0) is 22.1. The van der Waals surface area contributed by atoms with Crippen molar-refractivity contribution in [2.45, 2.75) is 75.2 Å². The third-order valence-corrected chi connectivity index (χ3v) is 4.98. The molecule has 2 heterocycles. The highest BCUT2D eigenvalue weighted by molar-refractivity contribution is 7.80. The quantitative estimate of drug-likeness (QED) is 0.191. The molecule has 0 aromatic heterocycles. The van der Waals surface area contributed by atoms with Crippen LogP contribution in [0.25, 0.3) is 0 Å². The Balaban J connectivity index is 2.22. The van der Waals surface area contributed by atoms with Crippen LogP contribution < -0.4 is 5.32 Å². The highest BCUT2D eigenvalue weighted by atomic mass is 32.3. The van der Waals surface area contributed by atoms with Gasteiger partial charge in [0.1, 0.15) is 42.7 Å². The molecular formula is C14H25NO13S. The van der Waals surface area contributed by atoms with E-state index in [0.717, 1.165) is 6.92 Å². The van der Waals surface area contributed by atoms with Gasteiger partial charge in [0.25, 0.3) is 0 Å². The molecule has 0 aliphatic carbocycles. The maximum Gasteiger partial charge on any atom is 0.397 e.